The van der Waals surface area contributed by atoms with Gasteiger partial charge in [-0.05, 0) is 34.7 Å². The molecule has 0 spiro atoms. The molecule has 0 atom stereocenters. The second-order valence-corrected chi connectivity index (χ2v) is 3.81. The van der Waals surface area contributed by atoms with Crippen LogP contribution in [-0.2, 0) is 6.54 Å². The van der Waals surface area contributed by atoms with Crippen LogP contribution in [-0.4, -0.2) is 9.97 Å². The molecule has 72 valence electrons. The number of halogens is 1. The molecule has 0 aliphatic carbocycles. The second-order valence-electron chi connectivity index (χ2n) is 2.65. The second kappa shape index (κ2) is 4.41. The first-order chi connectivity index (χ1) is 6.86. The van der Waals surface area contributed by atoms with Crippen LogP contribution in [0.2, 0.25) is 0 Å². The molecule has 2 aromatic heterocycles. The van der Waals surface area contributed by atoms with Crippen LogP contribution in [0.1, 0.15) is 5.76 Å². The molecule has 2 rings (SSSR count). The summed E-state index contributed by atoms with van der Waals surface area (Å²) in [4.78, 5) is 8.01. The van der Waals surface area contributed by atoms with Gasteiger partial charge in [0.1, 0.15) is 17.9 Å². The average Bonchev–Trinajstić information content (AvgIpc) is 2.69. The lowest BCUT2D eigenvalue weighted by atomic mass is 10.4. The Morgan fingerprint density at radius 2 is 2.43 bits per heavy atom. The molecule has 2 aromatic rings. The molecule has 0 aromatic carbocycles. The van der Waals surface area contributed by atoms with Gasteiger partial charge in [-0.25, -0.2) is 9.97 Å². The van der Waals surface area contributed by atoms with Crippen LogP contribution in [0.4, 0.5) is 5.82 Å². The smallest absolute Gasteiger partial charge is 0.143 e. The average molecular weight is 301 g/mol. The molecule has 0 amide bonds. The zero-order valence-electron chi connectivity index (χ0n) is 7.27. The first kappa shape index (κ1) is 9.45. The van der Waals surface area contributed by atoms with Gasteiger partial charge < -0.3 is 9.73 Å². The lowest BCUT2D eigenvalue weighted by Crippen LogP contribution is -2.02. The summed E-state index contributed by atoms with van der Waals surface area (Å²) < 4.78 is 6.18. The van der Waals surface area contributed by atoms with Crippen molar-refractivity contribution < 1.29 is 4.42 Å². The monoisotopic (exact) mass is 301 g/mol. The molecule has 0 saturated heterocycles. The van der Waals surface area contributed by atoms with Crippen molar-refractivity contribution in [2.75, 3.05) is 5.32 Å². The first-order valence-corrected chi connectivity index (χ1v) is 5.16. The number of hydrogen-bond acceptors (Lipinski definition) is 4. The maximum absolute atomic E-state index is 5.19. The molecule has 5 heteroatoms. The van der Waals surface area contributed by atoms with E-state index in [0.717, 1.165) is 15.1 Å². The highest BCUT2D eigenvalue weighted by Crippen LogP contribution is 2.13. The normalized spacial score (nSPS) is 10.1. The maximum atomic E-state index is 5.19. The Bertz CT molecular complexity index is 402. The van der Waals surface area contributed by atoms with Gasteiger partial charge in [0.2, 0.25) is 0 Å². The van der Waals surface area contributed by atoms with E-state index in [4.69, 9.17) is 4.42 Å². The van der Waals surface area contributed by atoms with Crippen LogP contribution in [0.25, 0.3) is 0 Å². The van der Waals surface area contributed by atoms with E-state index in [-0.39, 0.29) is 0 Å². The van der Waals surface area contributed by atoms with Crippen LogP contribution in [0.5, 0.6) is 0 Å². The highest BCUT2D eigenvalue weighted by Gasteiger charge is 2.00. The Morgan fingerprint density at radius 3 is 3.14 bits per heavy atom. The topological polar surface area (TPSA) is 51.0 Å². The number of furan rings is 1. The molecule has 0 saturated carbocycles. The van der Waals surface area contributed by atoms with Gasteiger partial charge in [-0.1, -0.05) is 0 Å². The van der Waals surface area contributed by atoms with Gasteiger partial charge in [0.15, 0.2) is 0 Å². The molecular formula is C9H8IN3O. The first-order valence-electron chi connectivity index (χ1n) is 4.08. The zero-order valence-corrected chi connectivity index (χ0v) is 9.43. The predicted octanol–water partition coefficient (Wildman–Crippen LogP) is 2.29. The van der Waals surface area contributed by atoms with Crippen LogP contribution in [0.3, 0.4) is 0 Å². The van der Waals surface area contributed by atoms with Crippen LogP contribution < -0.4 is 5.32 Å². The van der Waals surface area contributed by atoms with Gasteiger partial charge >= 0.3 is 0 Å². The largest absolute Gasteiger partial charge is 0.467 e. The summed E-state index contributed by atoms with van der Waals surface area (Å²) in [6.07, 6.45) is 4.94. The number of hydrogen-bond donors (Lipinski definition) is 1. The van der Waals surface area contributed by atoms with Crippen molar-refractivity contribution in [2.45, 2.75) is 6.54 Å². The summed E-state index contributed by atoms with van der Waals surface area (Å²) in [7, 11) is 0. The van der Waals surface area contributed by atoms with Crippen LogP contribution in [0.15, 0.2) is 35.3 Å². The highest BCUT2D eigenvalue weighted by molar-refractivity contribution is 14.1. The Morgan fingerprint density at radius 1 is 1.50 bits per heavy atom. The van der Waals surface area contributed by atoms with Crippen molar-refractivity contribution in [3.63, 3.8) is 0 Å². The third-order valence-corrected chi connectivity index (χ3v) is 2.47. The summed E-state index contributed by atoms with van der Waals surface area (Å²) >= 11 is 2.18. The minimum atomic E-state index is 0.639. The Balaban J connectivity index is 2.02. The van der Waals surface area contributed by atoms with Crippen molar-refractivity contribution in [3.05, 3.63) is 40.3 Å². The Labute approximate surface area is 94.9 Å². The number of nitrogens with one attached hydrogen (secondary N) is 1. The molecule has 0 radical (unpaired) electrons. The molecule has 0 fully saturated rings. The fourth-order valence-electron chi connectivity index (χ4n) is 1.03. The highest BCUT2D eigenvalue weighted by atomic mass is 127. The quantitative estimate of drug-likeness (QED) is 0.884. The van der Waals surface area contributed by atoms with Gasteiger partial charge in [0.25, 0.3) is 0 Å². The maximum Gasteiger partial charge on any atom is 0.143 e. The molecule has 2 heterocycles. The zero-order chi connectivity index (χ0) is 9.80. The number of nitrogens with zero attached hydrogens (tertiary/aromatic N) is 2. The molecule has 0 aliphatic heterocycles. The molecule has 14 heavy (non-hydrogen) atoms. The number of aromatic nitrogens is 2. The van der Waals surface area contributed by atoms with Gasteiger partial charge in [0, 0.05) is 6.20 Å². The summed E-state index contributed by atoms with van der Waals surface area (Å²) in [5.41, 5.74) is 0. The number of anilines is 1. The van der Waals surface area contributed by atoms with Gasteiger partial charge in [-0.3, -0.25) is 0 Å². The Hall–Kier alpha value is -1.11. The van der Waals surface area contributed by atoms with E-state index in [1.807, 2.05) is 12.1 Å². The third kappa shape index (κ3) is 2.22. The van der Waals surface area contributed by atoms with Crippen LogP contribution in [0, 0.1) is 3.57 Å². The SMILES string of the molecule is Ic1cncnc1NCc1ccco1. The van der Waals surface area contributed by atoms with Gasteiger partial charge in [-0.2, -0.15) is 0 Å². The van der Waals surface area contributed by atoms with E-state index >= 15 is 0 Å². The minimum absolute atomic E-state index is 0.639. The third-order valence-electron chi connectivity index (χ3n) is 1.68. The van der Waals surface area contributed by atoms with E-state index in [2.05, 4.69) is 37.9 Å². The van der Waals surface area contributed by atoms with Crippen molar-refractivity contribution in [2.24, 2.45) is 0 Å². The van der Waals surface area contributed by atoms with E-state index in [1.54, 1.807) is 12.5 Å². The standard InChI is InChI=1S/C9H8IN3O/c10-8-5-11-6-13-9(8)12-4-7-2-1-3-14-7/h1-3,5-6H,4H2,(H,11,12,13). The van der Waals surface area contributed by atoms with Gasteiger partial charge in [-0.15, -0.1) is 0 Å². The summed E-state index contributed by atoms with van der Waals surface area (Å²) in [5.74, 6) is 1.72. The van der Waals surface area contributed by atoms with E-state index < -0.39 is 0 Å². The molecule has 1 N–H and O–H groups in total. The van der Waals surface area contributed by atoms with Gasteiger partial charge in [0.05, 0.1) is 16.4 Å². The fraction of sp³-hybridized carbons (Fsp3) is 0.111. The van der Waals surface area contributed by atoms with E-state index in [1.165, 1.54) is 6.33 Å². The molecule has 0 bridgehead atoms. The van der Waals surface area contributed by atoms with E-state index in [9.17, 15) is 0 Å². The predicted molar refractivity (Wildman–Crippen MR) is 60.8 cm³/mol. The lowest BCUT2D eigenvalue weighted by molar-refractivity contribution is 0.517. The minimum Gasteiger partial charge on any atom is -0.467 e. The van der Waals surface area contributed by atoms with Crippen molar-refractivity contribution >= 4 is 28.4 Å². The lowest BCUT2D eigenvalue weighted by Gasteiger charge is -2.03. The molecule has 0 aliphatic rings. The summed E-state index contributed by atoms with van der Waals surface area (Å²) in [6, 6.07) is 3.78. The fourth-order valence-corrected chi connectivity index (χ4v) is 1.52. The summed E-state index contributed by atoms with van der Waals surface area (Å²) in [5, 5.41) is 3.16. The van der Waals surface area contributed by atoms with Crippen molar-refractivity contribution in [1.82, 2.24) is 9.97 Å². The van der Waals surface area contributed by atoms with Crippen molar-refractivity contribution in [3.8, 4) is 0 Å². The molecular weight excluding hydrogens is 293 g/mol. The summed E-state index contributed by atoms with van der Waals surface area (Å²) in [6.45, 7) is 0.639. The van der Waals surface area contributed by atoms with Crippen LogP contribution >= 0.6 is 22.6 Å². The van der Waals surface area contributed by atoms with Crippen molar-refractivity contribution in [1.29, 1.82) is 0 Å². The molecule has 4 nitrogen and oxygen atoms in total. The molecule has 0 unspecified atom stereocenters. The Kier molecular flexibility index (Phi) is 2.97. The van der Waals surface area contributed by atoms with E-state index in [0.29, 0.717) is 6.54 Å². The number of rotatable bonds is 3.